The molecule has 0 bridgehead atoms. The van der Waals surface area contributed by atoms with Crippen LogP contribution in [-0.4, -0.2) is 41.2 Å². The molecule has 1 heterocycles. The van der Waals surface area contributed by atoms with E-state index in [1.54, 1.807) is 5.38 Å². The molecule has 0 fully saturated rings. The van der Waals surface area contributed by atoms with E-state index < -0.39 is 18.0 Å². The van der Waals surface area contributed by atoms with Gasteiger partial charge in [-0.05, 0) is 22.3 Å². The molecule has 0 spiro atoms. The van der Waals surface area contributed by atoms with Crippen molar-refractivity contribution in [3.8, 4) is 11.1 Å². The monoisotopic (exact) mass is 463 g/mol. The zero-order chi connectivity index (χ0) is 23.2. The number of thiazole rings is 1. The molecule has 9 heteroatoms. The molecule has 168 valence electrons. The molecule has 0 saturated carbocycles. The van der Waals surface area contributed by atoms with Crippen molar-refractivity contribution < 1.29 is 24.2 Å². The average molecular weight is 464 g/mol. The van der Waals surface area contributed by atoms with Crippen molar-refractivity contribution in [1.82, 2.24) is 15.6 Å². The van der Waals surface area contributed by atoms with E-state index in [4.69, 9.17) is 9.84 Å². The molecule has 2 aromatic carbocycles. The molecular weight excluding hydrogens is 442 g/mol. The summed E-state index contributed by atoms with van der Waals surface area (Å²) in [5.41, 5.74) is 4.80. The summed E-state index contributed by atoms with van der Waals surface area (Å²) in [7, 11) is 0. The maximum Gasteiger partial charge on any atom is 0.407 e. The summed E-state index contributed by atoms with van der Waals surface area (Å²) in [6.07, 6.45) is 1.72. The first-order valence-corrected chi connectivity index (χ1v) is 11.1. The number of rotatable bonds is 8. The molecule has 33 heavy (non-hydrogen) atoms. The molecule has 8 nitrogen and oxygen atoms in total. The quantitative estimate of drug-likeness (QED) is 0.440. The predicted octanol–water partition coefficient (Wildman–Crippen LogP) is 3.55. The van der Waals surface area contributed by atoms with E-state index in [2.05, 4.69) is 39.9 Å². The lowest BCUT2D eigenvalue weighted by molar-refractivity contribution is -0.131. The minimum Gasteiger partial charge on any atom is -0.478 e. The van der Waals surface area contributed by atoms with Gasteiger partial charge in [-0.3, -0.25) is 4.79 Å². The Morgan fingerprint density at radius 2 is 1.70 bits per heavy atom. The van der Waals surface area contributed by atoms with Gasteiger partial charge in [-0.15, -0.1) is 11.3 Å². The first-order valence-electron chi connectivity index (χ1n) is 10.2. The third-order valence-electron chi connectivity index (χ3n) is 5.15. The molecule has 3 N–H and O–H groups in total. The number of aromatic nitrogens is 1. The lowest BCUT2D eigenvalue weighted by Gasteiger charge is -2.14. The Balaban J connectivity index is 1.28. The van der Waals surface area contributed by atoms with E-state index in [9.17, 15) is 14.4 Å². The Kier molecular flexibility index (Phi) is 6.80. The molecule has 0 unspecified atom stereocenters. The van der Waals surface area contributed by atoms with Gasteiger partial charge in [0.1, 0.15) is 17.3 Å². The standard InChI is InChI=1S/C24H21N3O5S/c28-22(29)10-5-11-25-23(30)20-14-33-21(27-20)12-26-24(31)32-13-19-17-8-3-1-6-15(17)16-7-2-4-9-18(16)19/h1-10,14,19H,11-13H2,(H,25,30)(H,26,31)(H,28,29)/b10-5+. The topological polar surface area (TPSA) is 118 Å². The Morgan fingerprint density at radius 1 is 1.03 bits per heavy atom. The highest BCUT2D eigenvalue weighted by Gasteiger charge is 2.29. The van der Waals surface area contributed by atoms with Crippen LogP contribution in [0.4, 0.5) is 4.79 Å². The molecule has 1 aliphatic rings. The number of alkyl carbamates (subject to hydrolysis) is 1. The molecule has 2 amide bonds. The summed E-state index contributed by atoms with van der Waals surface area (Å²) in [5, 5.41) is 15.9. The molecule has 0 aliphatic heterocycles. The SMILES string of the molecule is O=C(O)/C=C/CNC(=O)c1csc(CNC(=O)OCC2c3ccccc3-c3ccccc32)n1. The number of hydrogen-bond acceptors (Lipinski definition) is 6. The molecule has 3 aromatic rings. The van der Waals surface area contributed by atoms with Gasteiger partial charge in [0, 0.05) is 23.9 Å². The first kappa shape index (κ1) is 22.2. The van der Waals surface area contributed by atoms with Crippen molar-refractivity contribution in [3.63, 3.8) is 0 Å². The van der Waals surface area contributed by atoms with E-state index in [0.717, 1.165) is 28.3 Å². The van der Waals surface area contributed by atoms with Gasteiger partial charge in [0.15, 0.2) is 0 Å². The van der Waals surface area contributed by atoms with Gasteiger partial charge in [0.05, 0.1) is 6.54 Å². The normalized spacial score (nSPS) is 12.2. The number of nitrogens with one attached hydrogen (secondary N) is 2. The number of amides is 2. The summed E-state index contributed by atoms with van der Waals surface area (Å²) in [6.45, 7) is 0.429. The molecule has 1 aromatic heterocycles. The largest absolute Gasteiger partial charge is 0.478 e. The third-order valence-corrected chi connectivity index (χ3v) is 6.00. The van der Waals surface area contributed by atoms with Crippen molar-refractivity contribution in [2.75, 3.05) is 13.2 Å². The molecule has 1 aliphatic carbocycles. The second-order valence-corrected chi connectivity index (χ2v) is 8.20. The zero-order valence-electron chi connectivity index (χ0n) is 17.5. The van der Waals surface area contributed by atoms with E-state index in [-0.39, 0.29) is 31.3 Å². The summed E-state index contributed by atoms with van der Waals surface area (Å²) in [5.74, 6) is -1.53. The fourth-order valence-electron chi connectivity index (χ4n) is 3.70. The molecule has 0 atom stereocenters. The van der Waals surface area contributed by atoms with Crippen LogP contribution in [0.25, 0.3) is 11.1 Å². The van der Waals surface area contributed by atoms with E-state index in [1.165, 1.54) is 17.4 Å². The fourth-order valence-corrected chi connectivity index (χ4v) is 4.41. The lowest BCUT2D eigenvalue weighted by Crippen LogP contribution is -2.26. The number of fused-ring (bicyclic) bond motifs is 3. The van der Waals surface area contributed by atoms with Crippen LogP contribution < -0.4 is 10.6 Å². The summed E-state index contributed by atoms with van der Waals surface area (Å²) in [4.78, 5) is 38.9. The minimum atomic E-state index is -1.08. The predicted molar refractivity (Wildman–Crippen MR) is 123 cm³/mol. The number of carbonyl (C=O) groups is 3. The summed E-state index contributed by atoms with van der Waals surface area (Å²) < 4.78 is 5.49. The number of carbonyl (C=O) groups excluding carboxylic acids is 2. The van der Waals surface area contributed by atoms with Crippen LogP contribution in [0.1, 0.15) is 32.5 Å². The highest BCUT2D eigenvalue weighted by atomic mass is 32.1. The van der Waals surface area contributed by atoms with Gasteiger partial charge in [0.25, 0.3) is 5.91 Å². The fraction of sp³-hybridized carbons (Fsp3) is 0.167. The van der Waals surface area contributed by atoms with Crippen LogP contribution in [-0.2, 0) is 16.1 Å². The molecule has 0 radical (unpaired) electrons. The Labute approximate surface area is 193 Å². The molecule has 4 rings (SSSR count). The van der Waals surface area contributed by atoms with Gasteiger partial charge >= 0.3 is 12.1 Å². The number of nitrogens with zero attached hydrogens (tertiary/aromatic N) is 1. The van der Waals surface area contributed by atoms with Crippen molar-refractivity contribution in [1.29, 1.82) is 0 Å². The van der Waals surface area contributed by atoms with Crippen LogP contribution in [0.3, 0.4) is 0 Å². The van der Waals surface area contributed by atoms with Crippen molar-refractivity contribution in [2.24, 2.45) is 0 Å². The van der Waals surface area contributed by atoms with E-state index in [1.807, 2.05) is 24.3 Å². The van der Waals surface area contributed by atoms with Crippen molar-refractivity contribution in [3.05, 3.63) is 87.9 Å². The van der Waals surface area contributed by atoms with Gasteiger partial charge in [-0.25, -0.2) is 14.6 Å². The van der Waals surface area contributed by atoms with Crippen LogP contribution in [0.5, 0.6) is 0 Å². The van der Waals surface area contributed by atoms with Crippen LogP contribution in [0, 0.1) is 0 Å². The van der Waals surface area contributed by atoms with Crippen LogP contribution in [0.2, 0.25) is 0 Å². The number of carboxylic acids is 1. The smallest absolute Gasteiger partial charge is 0.407 e. The van der Waals surface area contributed by atoms with E-state index in [0.29, 0.717) is 5.01 Å². The number of aliphatic carboxylic acids is 1. The second-order valence-electron chi connectivity index (χ2n) is 7.26. The Morgan fingerprint density at radius 3 is 2.36 bits per heavy atom. The zero-order valence-corrected chi connectivity index (χ0v) is 18.3. The van der Waals surface area contributed by atoms with Crippen LogP contribution >= 0.6 is 11.3 Å². The maximum atomic E-state index is 12.3. The number of benzene rings is 2. The van der Waals surface area contributed by atoms with Gasteiger partial charge in [-0.1, -0.05) is 54.6 Å². The summed E-state index contributed by atoms with van der Waals surface area (Å²) in [6, 6.07) is 16.2. The molecule has 0 saturated heterocycles. The highest BCUT2D eigenvalue weighted by Crippen LogP contribution is 2.44. The number of ether oxygens (including phenoxy) is 1. The summed E-state index contributed by atoms with van der Waals surface area (Å²) >= 11 is 1.23. The Bertz CT molecular complexity index is 1170. The van der Waals surface area contributed by atoms with Crippen LogP contribution in [0.15, 0.2) is 66.1 Å². The second kappa shape index (κ2) is 10.1. The average Bonchev–Trinajstić information content (AvgIpc) is 3.42. The first-order chi connectivity index (χ1) is 16.0. The van der Waals surface area contributed by atoms with E-state index >= 15 is 0 Å². The number of hydrogen-bond donors (Lipinski definition) is 3. The number of carboxylic acid groups (broad SMARTS) is 1. The maximum absolute atomic E-state index is 12.3. The minimum absolute atomic E-state index is 0.0199. The van der Waals surface area contributed by atoms with Crippen molar-refractivity contribution in [2.45, 2.75) is 12.5 Å². The Hall–Kier alpha value is -3.98. The van der Waals surface area contributed by atoms with Gasteiger partial charge in [0.2, 0.25) is 0 Å². The third kappa shape index (κ3) is 5.27. The van der Waals surface area contributed by atoms with Gasteiger partial charge < -0.3 is 20.5 Å². The highest BCUT2D eigenvalue weighted by molar-refractivity contribution is 7.09. The van der Waals surface area contributed by atoms with Gasteiger partial charge in [-0.2, -0.15) is 0 Å². The molecular formula is C24H21N3O5S. The lowest BCUT2D eigenvalue weighted by atomic mass is 9.98. The van der Waals surface area contributed by atoms with Crippen molar-refractivity contribution >= 4 is 29.3 Å².